The second-order valence-electron chi connectivity index (χ2n) is 20.3. The molecule has 0 aliphatic heterocycles. The SMILES string of the molecule is Cc1ccc(-c2ccccc2)cc1N(c1cccc(C(C)C)c1)c1cc(C(C)C)c2ccc3c(N(c4cccc(C(C)C)c4)c4cc(-c5ccccc5)ccc4C)cc(C(C)C)c4ccc1c2c43. The molecule has 0 radical (unpaired) electrons. The van der Waals surface area contributed by atoms with Crippen LogP contribution >= 0.6 is 0 Å². The fraction of sp³-hybridized carbons (Fsp3) is 0.212. The molecular weight excluding hydrogens is 821 g/mol. The van der Waals surface area contributed by atoms with Crippen LogP contribution in [0.5, 0.6) is 0 Å². The topological polar surface area (TPSA) is 6.48 Å². The van der Waals surface area contributed by atoms with E-state index in [-0.39, 0.29) is 11.8 Å². The minimum atomic E-state index is 0.279. The summed E-state index contributed by atoms with van der Waals surface area (Å²) in [5.74, 6) is 1.33. The molecule has 0 heterocycles. The minimum absolute atomic E-state index is 0.279. The van der Waals surface area contributed by atoms with Crippen molar-refractivity contribution >= 4 is 66.4 Å². The first-order valence-electron chi connectivity index (χ1n) is 24.8. The number of nitrogens with zero attached hydrogens (tertiary/aromatic N) is 2. The number of hydrogen-bond donors (Lipinski definition) is 0. The fourth-order valence-electron chi connectivity index (χ4n) is 10.5. The summed E-state index contributed by atoms with van der Waals surface area (Å²) in [5, 5.41) is 7.82. The Kier molecular flexibility index (Phi) is 11.9. The molecule has 0 saturated carbocycles. The number of rotatable bonds is 12. The standard InChI is InChI=1S/C66H64N2/c1-41(2)49-23-17-25-53(35-49)67(61-37-51(29-27-45(61)9)47-19-13-11-14-20-47)63-39-59(43(5)6)55-32-34-58-64(40-60(44(7)8)56-31-33-57(63)65(55)66(56)58)68(54-26-18-24-50(36-54)42(3)4)62-38-52(30-28-46(62)10)48-21-15-12-16-22-48/h11-44H,1-10H3. The van der Waals surface area contributed by atoms with Crippen molar-refractivity contribution < 1.29 is 0 Å². The quantitative estimate of drug-likeness (QED) is 0.113. The zero-order valence-electron chi connectivity index (χ0n) is 41.5. The van der Waals surface area contributed by atoms with Gasteiger partial charge in [-0.25, -0.2) is 0 Å². The van der Waals surface area contributed by atoms with E-state index in [9.17, 15) is 0 Å². The lowest BCUT2D eigenvalue weighted by Crippen LogP contribution is -2.14. The van der Waals surface area contributed by atoms with Crippen molar-refractivity contribution in [2.45, 2.75) is 92.9 Å². The average molecular weight is 885 g/mol. The van der Waals surface area contributed by atoms with E-state index in [0.717, 1.165) is 0 Å². The summed E-state index contributed by atoms with van der Waals surface area (Å²) in [4.78, 5) is 5.13. The predicted molar refractivity (Wildman–Crippen MR) is 296 cm³/mol. The van der Waals surface area contributed by atoms with Gasteiger partial charge in [0.05, 0.1) is 11.4 Å². The number of hydrogen-bond acceptors (Lipinski definition) is 2. The molecule has 338 valence electrons. The third kappa shape index (κ3) is 8.00. The van der Waals surface area contributed by atoms with Gasteiger partial charge >= 0.3 is 0 Å². The molecule has 2 heteroatoms. The van der Waals surface area contributed by atoms with E-state index in [1.807, 2.05) is 0 Å². The van der Waals surface area contributed by atoms with Crippen molar-refractivity contribution in [2.75, 3.05) is 9.80 Å². The molecule has 0 aliphatic carbocycles. The highest BCUT2D eigenvalue weighted by atomic mass is 15.2. The Hall–Kier alpha value is -7.16. The van der Waals surface area contributed by atoms with Gasteiger partial charge in [0.2, 0.25) is 0 Å². The van der Waals surface area contributed by atoms with Gasteiger partial charge in [-0.15, -0.1) is 0 Å². The van der Waals surface area contributed by atoms with Crippen molar-refractivity contribution in [1.82, 2.24) is 0 Å². The van der Waals surface area contributed by atoms with Crippen LogP contribution in [0.25, 0.3) is 54.6 Å². The summed E-state index contributed by atoms with van der Waals surface area (Å²) in [7, 11) is 0. The van der Waals surface area contributed by atoms with Crippen LogP contribution < -0.4 is 9.80 Å². The van der Waals surface area contributed by atoms with Crippen LogP contribution in [0.2, 0.25) is 0 Å². The molecule has 0 bridgehead atoms. The van der Waals surface area contributed by atoms with Crippen molar-refractivity contribution in [1.29, 1.82) is 0 Å². The van der Waals surface area contributed by atoms with E-state index in [4.69, 9.17) is 0 Å². The third-order valence-corrected chi connectivity index (χ3v) is 14.3. The monoisotopic (exact) mass is 885 g/mol. The molecule has 10 aromatic rings. The van der Waals surface area contributed by atoms with Crippen LogP contribution in [-0.4, -0.2) is 0 Å². The van der Waals surface area contributed by atoms with Gasteiger partial charge in [-0.1, -0.05) is 189 Å². The number of benzene rings is 10. The van der Waals surface area contributed by atoms with E-state index in [2.05, 4.69) is 261 Å². The van der Waals surface area contributed by atoms with Crippen LogP contribution in [0.3, 0.4) is 0 Å². The van der Waals surface area contributed by atoms with Crippen LogP contribution in [0.4, 0.5) is 34.1 Å². The van der Waals surface area contributed by atoms with Gasteiger partial charge in [0, 0.05) is 33.5 Å². The van der Waals surface area contributed by atoms with Gasteiger partial charge in [0.1, 0.15) is 0 Å². The zero-order chi connectivity index (χ0) is 47.4. The maximum atomic E-state index is 2.57. The fourth-order valence-corrected chi connectivity index (χ4v) is 10.5. The van der Waals surface area contributed by atoms with Crippen LogP contribution in [0.1, 0.15) is 112 Å². The molecule has 0 amide bonds. The molecule has 0 saturated heterocycles. The minimum Gasteiger partial charge on any atom is -0.310 e. The molecule has 0 fully saturated rings. The van der Waals surface area contributed by atoms with Crippen molar-refractivity contribution in [2.24, 2.45) is 0 Å². The molecule has 0 spiro atoms. The highest BCUT2D eigenvalue weighted by Crippen LogP contribution is 2.52. The predicted octanol–water partition coefficient (Wildman–Crippen LogP) is 20.0. The summed E-state index contributed by atoms with van der Waals surface area (Å²) in [6, 6.07) is 68.8. The Morgan fingerprint density at radius 1 is 0.294 bits per heavy atom. The average Bonchev–Trinajstić information content (AvgIpc) is 3.35. The van der Waals surface area contributed by atoms with Crippen molar-refractivity contribution in [3.63, 3.8) is 0 Å². The molecule has 0 N–H and O–H groups in total. The zero-order valence-corrected chi connectivity index (χ0v) is 41.5. The summed E-state index contributed by atoms with van der Waals surface area (Å²) >= 11 is 0. The highest BCUT2D eigenvalue weighted by molar-refractivity contribution is 6.29. The molecule has 0 atom stereocenters. The van der Waals surface area contributed by atoms with E-state index >= 15 is 0 Å². The summed E-state index contributed by atoms with van der Waals surface area (Å²) in [5.41, 5.74) is 19.8. The molecular formula is C66H64N2. The molecule has 0 aromatic heterocycles. The third-order valence-electron chi connectivity index (χ3n) is 14.3. The summed E-state index contributed by atoms with van der Waals surface area (Å²) in [6.45, 7) is 23.1. The van der Waals surface area contributed by atoms with Crippen LogP contribution in [0, 0.1) is 13.8 Å². The number of anilines is 6. The van der Waals surface area contributed by atoms with Gasteiger partial charge in [-0.2, -0.15) is 0 Å². The maximum absolute atomic E-state index is 2.57. The highest BCUT2D eigenvalue weighted by Gasteiger charge is 2.27. The lowest BCUT2D eigenvalue weighted by molar-refractivity contribution is 0.866. The Labute approximate surface area is 404 Å². The molecule has 2 nitrogen and oxygen atoms in total. The van der Waals surface area contributed by atoms with Gasteiger partial charge < -0.3 is 9.80 Å². The summed E-state index contributed by atoms with van der Waals surface area (Å²) in [6.07, 6.45) is 0. The first-order valence-corrected chi connectivity index (χ1v) is 24.8. The maximum Gasteiger partial charge on any atom is 0.0543 e. The largest absolute Gasteiger partial charge is 0.310 e. The first-order chi connectivity index (χ1) is 32.9. The van der Waals surface area contributed by atoms with E-state index in [1.54, 1.807) is 0 Å². The van der Waals surface area contributed by atoms with Gasteiger partial charge in [0.15, 0.2) is 0 Å². The lowest BCUT2D eigenvalue weighted by atomic mass is 9.83. The van der Waals surface area contributed by atoms with Crippen molar-refractivity contribution in [3.05, 3.63) is 215 Å². The molecule has 0 aliphatic rings. The van der Waals surface area contributed by atoms with Gasteiger partial charge in [-0.05, 0) is 163 Å². The smallest absolute Gasteiger partial charge is 0.0543 e. The Bertz CT molecular complexity index is 3200. The Morgan fingerprint density at radius 2 is 0.676 bits per heavy atom. The molecule has 10 rings (SSSR count). The van der Waals surface area contributed by atoms with E-state index in [0.29, 0.717) is 11.8 Å². The second kappa shape index (κ2) is 18.1. The lowest BCUT2D eigenvalue weighted by Gasteiger charge is -2.33. The van der Waals surface area contributed by atoms with Crippen LogP contribution in [-0.2, 0) is 0 Å². The molecule has 10 aromatic carbocycles. The number of aryl methyl sites for hydroxylation is 2. The molecule has 0 unspecified atom stereocenters. The van der Waals surface area contributed by atoms with Crippen molar-refractivity contribution in [3.8, 4) is 22.3 Å². The van der Waals surface area contributed by atoms with Crippen LogP contribution in [0.15, 0.2) is 182 Å². The van der Waals surface area contributed by atoms with Gasteiger partial charge in [0.25, 0.3) is 0 Å². The van der Waals surface area contributed by atoms with E-state index in [1.165, 1.54) is 122 Å². The first kappa shape index (κ1) is 44.7. The van der Waals surface area contributed by atoms with E-state index < -0.39 is 0 Å². The molecule has 68 heavy (non-hydrogen) atoms. The Balaban J connectivity index is 1.32. The second-order valence-corrected chi connectivity index (χ2v) is 20.3. The van der Waals surface area contributed by atoms with Gasteiger partial charge in [-0.3, -0.25) is 0 Å². The Morgan fingerprint density at radius 3 is 1.04 bits per heavy atom. The summed E-state index contributed by atoms with van der Waals surface area (Å²) < 4.78 is 0. The normalized spacial score (nSPS) is 11.9.